The van der Waals surface area contributed by atoms with Gasteiger partial charge < -0.3 is 9.64 Å². The molecule has 6 nitrogen and oxygen atoms in total. The molecule has 0 amide bonds. The number of hydrogen-bond acceptors (Lipinski definition) is 5. The molecule has 192 valence electrons. The molecule has 1 fully saturated rings. The highest BCUT2D eigenvalue weighted by atomic mass is 16.5. The maximum Gasteiger partial charge on any atom is 0.119 e. The molecular formula is C32H33N5O. The number of H-pyrrole nitrogens is 1. The van der Waals surface area contributed by atoms with Gasteiger partial charge in [-0.1, -0.05) is 23.8 Å². The minimum Gasteiger partial charge on any atom is -0.497 e. The molecular weight excluding hydrogens is 470 g/mol. The first kappa shape index (κ1) is 24.2. The lowest BCUT2D eigenvalue weighted by atomic mass is 9.79. The largest absolute Gasteiger partial charge is 0.497 e. The molecule has 1 N–H and O–H groups in total. The monoisotopic (exact) mass is 503 g/mol. The third-order valence-electron chi connectivity index (χ3n) is 8.36. The lowest BCUT2D eigenvalue weighted by Crippen LogP contribution is -2.32. The van der Waals surface area contributed by atoms with Crippen LogP contribution in [0, 0.1) is 16.7 Å². The van der Waals surface area contributed by atoms with Crippen molar-refractivity contribution in [1.29, 1.82) is 5.26 Å². The number of fused-ring (bicyclic) bond motifs is 3. The van der Waals surface area contributed by atoms with Crippen molar-refractivity contribution < 1.29 is 4.74 Å². The molecule has 38 heavy (non-hydrogen) atoms. The van der Waals surface area contributed by atoms with Gasteiger partial charge in [0.15, 0.2) is 0 Å². The van der Waals surface area contributed by atoms with Gasteiger partial charge in [0.05, 0.1) is 41.5 Å². The van der Waals surface area contributed by atoms with Crippen molar-refractivity contribution in [3.8, 4) is 11.8 Å². The number of anilines is 1. The number of aromatic nitrogens is 3. The molecule has 1 saturated heterocycles. The fourth-order valence-electron chi connectivity index (χ4n) is 5.90. The van der Waals surface area contributed by atoms with Gasteiger partial charge in [-0.2, -0.15) is 10.4 Å². The normalized spacial score (nSPS) is 16.8. The van der Waals surface area contributed by atoms with Gasteiger partial charge in [-0.05, 0) is 93.0 Å². The van der Waals surface area contributed by atoms with E-state index in [4.69, 9.17) is 14.8 Å². The van der Waals surface area contributed by atoms with Crippen LogP contribution in [0.5, 0.6) is 5.75 Å². The Kier molecular flexibility index (Phi) is 6.15. The van der Waals surface area contributed by atoms with E-state index in [-0.39, 0.29) is 0 Å². The van der Waals surface area contributed by atoms with Gasteiger partial charge in [0.25, 0.3) is 0 Å². The van der Waals surface area contributed by atoms with E-state index < -0.39 is 5.41 Å². The second kappa shape index (κ2) is 9.64. The number of piperidine rings is 1. The molecule has 6 heteroatoms. The summed E-state index contributed by atoms with van der Waals surface area (Å²) in [6.07, 6.45) is 10.2. The number of nitrogens with one attached hydrogen (secondary N) is 1. The minimum atomic E-state index is -0.440. The number of methoxy groups -OCH3 is 1. The van der Waals surface area contributed by atoms with Crippen molar-refractivity contribution >= 4 is 33.1 Å². The average Bonchev–Trinajstić information content (AvgIpc) is 3.42. The zero-order valence-electron chi connectivity index (χ0n) is 22.3. The van der Waals surface area contributed by atoms with E-state index in [0.717, 1.165) is 72.0 Å². The fourth-order valence-corrected chi connectivity index (χ4v) is 5.90. The molecule has 2 aromatic carbocycles. The molecule has 0 bridgehead atoms. The van der Waals surface area contributed by atoms with Gasteiger partial charge in [0.1, 0.15) is 5.75 Å². The standard InChI is InChI=1S/C32H33N5O/c1-32(2,20-33)24-7-4-22(5-8-24)31-30-27-18-23(6-13-28(27)34-19-29(30)35-36-31)21-14-16-37(17-15-21)25-9-11-26(38-3)12-10-25/h4,6-7,9-13,18-19,21H,5,8,14-17H2,1-3H3,(H,35,36). The molecule has 0 atom stereocenters. The number of pyridine rings is 1. The van der Waals surface area contributed by atoms with Crippen LogP contribution in [0.25, 0.3) is 27.4 Å². The molecule has 0 spiro atoms. The van der Waals surface area contributed by atoms with Crippen molar-refractivity contribution in [3.05, 3.63) is 77.6 Å². The minimum absolute atomic E-state index is 0.440. The van der Waals surface area contributed by atoms with E-state index in [1.807, 2.05) is 32.2 Å². The predicted molar refractivity (Wildman–Crippen MR) is 153 cm³/mol. The SMILES string of the molecule is COc1ccc(N2CCC(c3ccc4ncc5[nH]nc(C6=CC=C(C(C)(C)C#N)CC6)c5c4c3)CC2)cc1. The lowest BCUT2D eigenvalue weighted by molar-refractivity contribution is 0.414. The number of nitriles is 1. The maximum atomic E-state index is 9.54. The Morgan fingerprint density at radius 2 is 1.84 bits per heavy atom. The summed E-state index contributed by atoms with van der Waals surface area (Å²) in [4.78, 5) is 7.19. The van der Waals surface area contributed by atoms with Gasteiger partial charge in [-0.15, -0.1) is 0 Å². The molecule has 0 saturated carbocycles. The summed E-state index contributed by atoms with van der Waals surface area (Å²) >= 11 is 0. The Hall–Kier alpha value is -4.11. The first-order valence-electron chi connectivity index (χ1n) is 13.4. The first-order valence-corrected chi connectivity index (χ1v) is 13.4. The Balaban J connectivity index is 1.29. The quantitative estimate of drug-likeness (QED) is 0.313. The van der Waals surface area contributed by atoms with E-state index in [9.17, 15) is 5.26 Å². The first-order chi connectivity index (χ1) is 18.5. The Morgan fingerprint density at radius 3 is 2.53 bits per heavy atom. The van der Waals surface area contributed by atoms with Crippen LogP contribution in [-0.2, 0) is 0 Å². The summed E-state index contributed by atoms with van der Waals surface area (Å²) in [5.41, 5.74) is 7.55. The van der Waals surface area contributed by atoms with Crippen LogP contribution in [-0.4, -0.2) is 35.4 Å². The van der Waals surface area contributed by atoms with Gasteiger partial charge in [-0.25, -0.2) is 0 Å². The van der Waals surface area contributed by atoms with Gasteiger partial charge >= 0.3 is 0 Å². The molecule has 6 rings (SSSR count). The number of nitrogens with zero attached hydrogens (tertiary/aromatic N) is 4. The summed E-state index contributed by atoms with van der Waals surface area (Å²) in [5.74, 6) is 1.41. The van der Waals surface area contributed by atoms with Crippen LogP contribution in [0.15, 0.2) is 66.4 Å². The van der Waals surface area contributed by atoms with Gasteiger partial charge in [-0.3, -0.25) is 10.1 Å². The van der Waals surface area contributed by atoms with E-state index in [0.29, 0.717) is 5.92 Å². The van der Waals surface area contributed by atoms with E-state index in [1.54, 1.807) is 7.11 Å². The Morgan fingerprint density at radius 1 is 1.05 bits per heavy atom. The highest BCUT2D eigenvalue weighted by Gasteiger charge is 2.26. The van der Waals surface area contributed by atoms with Crippen LogP contribution in [0.4, 0.5) is 5.69 Å². The summed E-state index contributed by atoms with van der Waals surface area (Å²) < 4.78 is 5.31. The molecule has 1 aliphatic heterocycles. The van der Waals surface area contributed by atoms with Crippen molar-refractivity contribution in [2.45, 2.75) is 45.4 Å². The highest BCUT2D eigenvalue weighted by Crippen LogP contribution is 2.39. The Labute approximate surface area is 223 Å². The molecule has 2 aromatic heterocycles. The number of aromatic amines is 1. The van der Waals surface area contributed by atoms with E-state index in [1.165, 1.54) is 22.4 Å². The summed E-state index contributed by atoms with van der Waals surface area (Å²) in [5, 5.41) is 19.8. The van der Waals surface area contributed by atoms with Gasteiger partial charge in [0.2, 0.25) is 0 Å². The van der Waals surface area contributed by atoms with Crippen LogP contribution < -0.4 is 9.64 Å². The van der Waals surface area contributed by atoms with E-state index >= 15 is 0 Å². The second-order valence-electron chi connectivity index (χ2n) is 11.0. The van der Waals surface area contributed by atoms with Crippen molar-refractivity contribution in [3.63, 3.8) is 0 Å². The zero-order valence-corrected chi connectivity index (χ0v) is 22.3. The Bertz CT molecular complexity index is 1590. The number of benzene rings is 2. The third-order valence-corrected chi connectivity index (χ3v) is 8.36. The molecule has 2 aliphatic rings. The summed E-state index contributed by atoms with van der Waals surface area (Å²) in [7, 11) is 1.70. The molecule has 0 radical (unpaired) electrons. The predicted octanol–water partition coefficient (Wildman–Crippen LogP) is 7.16. The maximum absolute atomic E-state index is 9.54. The van der Waals surface area contributed by atoms with Crippen LogP contribution in [0.1, 0.15) is 56.7 Å². The highest BCUT2D eigenvalue weighted by molar-refractivity contribution is 6.09. The van der Waals surface area contributed by atoms with Crippen molar-refractivity contribution in [2.75, 3.05) is 25.1 Å². The molecule has 4 aromatic rings. The summed E-state index contributed by atoms with van der Waals surface area (Å²) in [6, 6.07) is 17.6. The zero-order chi connectivity index (χ0) is 26.3. The second-order valence-corrected chi connectivity index (χ2v) is 11.0. The van der Waals surface area contributed by atoms with Crippen molar-refractivity contribution in [1.82, 2.24) is 15.2 Å². The number of hydrogen-bond donors (Lipinski definition) is 1. The molecule has 0 unspecified atom stereocenters. The number of rotatable bonds is 5. The lowest BCUT2D eigenvalue weighted by Gasteiger charge is -2.34. The fraction of sp³-hybridized carbons (Fsp3) is 0.344. The molecule has 1 aliphatic carbocycles. The average molecular weight is 504 g/mol. The van der Waals surface area contributed by atoms with Crippen LogP contribution in [0.3, 0.4) is 0 Å². The van der Waals surface area contributed by atoms with E-state index in [2.05, 4.69) is 58.6 Å². The topological polar surface area (TPSA) is 77.8 Å². The smallest absolute Gasteiger partial charge is 0.119 e. The van der Waals surface area contributed by atoms with Crippen LogP contribution >= 0.6 is 0 Å². The van der Waals surface area contributed by atoms with Gasteiger partial charge in [0, 0.05) is 29.5 Å². The molecule has 3 heterocycles. The van der Waals surface area contributed by atoms with Crippen LogP contribution in [0.2, 0.25) is 0 Å². The summed E-state index contributed by atoms with van der Waals surface area (Å²) in [6.45, 7) is 6.05. The number of ether oxygens (including phenoxy) is 1. The van der Waals surface area contributed by atoms with Crippen molar-refractivity contribution in [2.24, 2.45) is 5.41 Å². The third kappa shape index (κ3) is 4.32. The number of allylic oxidation sites excluding steroid dienone is 4.